The van der Waals surface area contributed by atoms with Crippen LogP contribution in [0.4, 0.5) is 68.2 Å². The fourth-order valence-electron chi connectivity index (χ4n) is 12.7. The third-order valence-corrected chi connectivity index (χ3v) is 15.8. The standard InChI is InChI=1S/C69H48N4/c1-3-21-51(22-4-1)70-61-27-11-13-29-63(61)72(64-30-14-12-28-62(64)70)53-39-41-56-55-40-36-47(43-58(55)69(59(56)44-53)45-49-19-7-8-20-50(49)46-69)35-37-48-38-42-60(57-26-10-9-25-54(48)57)73-67-33-17-15-31-65(67)71(52-23-5-2-6-24-52)66-32-16-18-34-68(66)73/h1-44H,45-46H2/b37-35+. The van der Waals surface area contributed by atoms with Crippen molar-refractivity contribution in [1.82, 2.24) is 0 Å². The lowest BCUT2D eigenvalue weighted by Crippen LogP contribution is -2.27. The van der Waals surface area contributed by atoms with Crippen LogP contribution < -0.4 is 19.6 Å². The van der Waals surface area contributed by atoms with Crippen molar-refractivity contribution in [1.29, 1.82) is 0 Å². The van der Waals surface area contributed by atoms with Crippen molar-refractivity contribution in [3.8, 4) is 11.1 Å². The highest BCUT2D eigenvalue weighted by Crippen LogP contribution is 2.60. The van der Waals surface area contributed by atoms with Crippen LogP contribution in [-0.4, -0.2) is 0 Å². The topological polar surface area (TPSA) is 13.0 Å². The van der Waals surface area contributed by atoms with Gasteiger partial charge in [-0.25, -0.2) is 0 Å². The predicted molar refractivity (Wildman–Crippen MR) is 305 cm³/mol. The van der Waals surface area contributed by atoms with E-state index in [0.29, 0.717) is 0 Å². The second-order valence-electron chi connectivity index (χ2n) is 19.8. The molecule has 0 amide bonds. The summed E-state index contributed by atoms with van der Waals surface area (Å²) < 4.78 is 0. The maximum absolute atomic E-state index is 2.52. The van der Waals surface area contributed by atoms with Gasteiger partial charge in [0, 0.05) is 27.9 Å². The fraction of sp³-hybridized carbons (Fsp3) is 0.0435. The van der Waals surface area contributed by atoms with Gasteiger partial charge in [-0.1, -0.05) is 176 Å². The summed E-state index contributed by atoms with van der Waals surface area (Å²) in [4.78, 5) is 9.72. The molecule has 73 heavy (non-hydrogen) atoms. The molecule has 0 N–H and O–H groups in total. The molecule has 2 aliphatic heterocycles. The zero-order chi connectivity index (χ0) is 48.0. The molecular formula is C69H48N4. The summed E-state index contributed by atoms with van der Waals surface area (Å²) in [5, 5.41) is 2.42. The number of nitrogens with zero attached hydrogens (tertiary/aromatic N) is 4. The van der Waals surface area contributed by atoms with Gasteiger partial charge in [-0.15, -0.1) is 0 Å². The molecule has 344 valence electrons. The number of hydrogen-bond donors (Lipinski definition) is 0. The summed E-state index contributed by atoms with van der Waals surface area (Å²) in [6, 6.07) is 93.8. The third kappa shape index (κ3) is 6.33. The molecule has 0 radical (unpaired) electrons. The lowest BCUT2D eigenvalue weighted by Gasteiger charge is -2.40. The Morgan fingerprint density at radius 2 is 0.699 bits per heavy atom. The van der Waals surface area contributed by atoms with Gasteiger partial charge in [0.25, 0.3) is 0 Å². The van der Waals surface area contributed by atoms with Crippen molar-refractivity contribution >= 4 is 91.2 Å². The first kappa shape index (κ1) is 41.4. The highest BCUT2D eigenvalue weighted by atomic mass is 15.3. The van der Waals surface area contributed by atoms with E-state index in [1.165, 1.54) is 61.0 Å². The minimum Gasteiger partial charge on any atom is -0.306 e. The molecule has 0 fully saturated rings. The smallest absolute Gasteiger partial charge is 0.0703 e. The lowest BCUT2D eigenvalue weighted by molar-refractivity contribution is 0.563. The van der Waals surface area contributed by atoms with Crippen LogP contribution >= 0.6 is 0 Å². The summed E-state index contributed by atoms with van der Waals surface area (Å²) in [5.74, 6) is 0. The Balaban J connectivity index is 0.820. The second kappa shape index (κ2) is 16.3. The Hall–Kier alpha value is -9.38. The van der Waals surface area contributed by atoms with Gasteiger partial charge in [0.1, 0.15) is 0 Å². The van der Waals surface area contributed by atoms with E-state index in [2.05, 4.69) is 287 Å². The highest BCUT2D eigenvalue weighted by Gasteiger charge is 2.48. The summed E-state index contributed by atoms with van der Waals surface area (Å²) in [7, 11) is 0. The summed E-state index contributed by atoms with van der Waals surface area (Å²) in [5.41, 5.74) is 24.4. The molecule has 0 bridgehead atoms. The SMILES string of the molecule is C(=C\c1ccc(N2c3ccccc3N(c3ccccc3)c3ccccc32)c2ccccc12)/c1ccc2c(c1)C1(Cc3ccccc3C1)c1cc(N3c4ccccc4N(c4ccccc4)c4ccccc43)ccc1-2. The lowest BCUT2D eigenvalue weighted by atomic mass is 9.75. The van der Waals surface area contributed by atoms with Crippen LogP contribution in [-0.2, 0) is 18.3 Å². The molecule has 15 rings (SSSR count). The summed E-state index contributed by atoms with van der Waals surface area (Å²) in [6.07, 6.45) is 6.58. The van der Waals surface area contributed by atoms with Crippen LogP contribution in [0, 0.1) is 0 Å². The van der Waals surface area contributed by atoms with Crippen LogP contribution in [0.15, 0.2) is 255 Å². The van der Waals surface area contributed by atoms with Gasteiger partial charge in [0.15, 0.2) is 0 Å². The zero-order valence-corrected chi connectivity index (χ0v) is 40.1. The minimum absolute atomic E-state index is 0.204. The second-order valence-corrected chi connectivity index (χ2v) is 19.8. The molecule has 0 saturated heterocycles. The van der Waals surface area contributed by atoms with E-state index in [1.807, 2.05) is 0 Å². The molecule has 0 atom stereocenters. The van der Waals surface area contributed by atoms with Crippen molar-refractivity contribution in [3.63, 3.8) is 0 Å². The van der Waals surface area contributed by atoms with Crippen LogP contribution in [0.1, 0.15) is 33.4 Å². The van der Waals surface area contributed by atoms with Crippen LogP contribution in [0.5, 0.6) is 0 Å². The Morgan fingerprint density at radius 1 is 0.288 bits per heavy atom. The number of anilines is 12. The van der Waals surface area contributed by atoms with E-state index in [-0.39, 0.29) is 5.41 Å². The van der Waals surface area contributed by atoms with Gasteiger partial charge in [-0.2, -0.15) is 0 Å². The van der Waals surface area contributed by atoms with Gasteiger partial charge < -0.3 is 19.6 Å². The summed E-state index contributed by atoms with van der Waals surface area (Å²) >= 11 is 0. The Kier molecular flexibility index (Phi) is 9.27. The van der Waals surface area contributed by atoms with E-state index in [0.717, 1.165) is 75.4 Å². The largest absolute Gasteiger partial charge is 0.306 e. The number of benzene rings is 11. The molecule has 11 aromatic carbocycles. The van der Waals surface area contributed by atoms with Crippen molar-refractivity contribution < 1.29 is 0 Å². The molecule has 1 spiro atoms. The number of rotatable bonds is 6. The molecule has 4 heteroatoms. The maximum atomic E-state index is 2.52. The average molecular weight is 933 g/mol. The van der Waals surface area contributed by atoms with E-state index in [1.54, 1.807) is 0 Å². The first-order chi connectivity index (χ1) is 36.2. The average Bonchev–Trinajstić information content (AvgIpc) is 3.98. The van der Waals surface area contributed by atoms with Crippen LogP contribution in [0.2, 0.25) is 0 Å². The molecule has 0 aromatic heterocycles. The van der Waals surface area contributed by atoms with Gasteiger partial charge in [0.2, 0.25) is 0 Å². The van der Waals surface area contributed by atoms with Gasteiger partial charge in [-0.05, 0) is 154 Å². The molecule has 4 nitrogen and oxygen atoms in total. The maximum Gasteiger partial charge on any atom is 0.0703 e. The fourth-order valence-corrected chi connectivity index (χ4v) is 12.7. The molecule has 11 aromatic rings. The molecule has 0 unspecified atom stereocenters. The molecule has 2 heterocycles. The number of fused-ring (bicyclic) bond motifs is 11. The Labute approximate surface area is 426 Å². The van der Waals surface area contributed by atoms with Crippen LogP contribution in [0.3, 0.4) is 0 Å². The van der Waals surface area contributed by atoms with E-state index in [4.69, 9.17) is 0 Å². The van der Waals surface area contributed by atoms with Gasteiger partial charge >= 0.3 is 0 Å². The number of para-hydroxylation sites is 10. The predicted octanol–water partition coefficient (Wildman–Crippen LogP) is 18.6. The first-order valence-corrected chi connectivity index (χ1v) is 25.4. The Morgan fingerprint density at radius 3 is 1.22 bits per heavy atom. The minimum atomic E-state index is -0.204. The van der Waals surface area contributed by atoms with Crippen molar-refractivity contribution in [2.45, 2.75) is 18.3 Å². The monoisotopic (exact) mass is 932 g/mol. The molecule has 4 aliphatic rings. The molecular weight excluding hydrogens is 885 g/mol. The van der Waals surface area contributed by atoms with Crippen molar-refractivity contribution in [2.24, 2.45) is 0 Å². The van der Waals surface area contributed by atoms with E-state index < -0.39 is 0 Å². The zero-order valence-electron chi connectivity index (χ0n) is 40.1. The summed E-state index contributed by atoms with van der Waals surface area (Å²) in [6.45, 7) is 0. The van der Waals surface area contributed by atoms with Crippen molar-refractivity contribution in [3.05, 3.63) is 288 Å². The van der Waals surface area contributed by atoms with E-state index >= 15 is 0 Å². The third-order valence-electron chi connectivity index (χ3n) is 15.8. The molecule has 0 saturated carbocycles. The first-order valence-electron chi connectivity index (χ1n) is 25.4. The van der Waals surface area contributed by atoms with Gasteiger partial charge in [-0.3, -0.25) is 0 Å². The molecule has 2 aliphatic carbocycles. The number of hydrogen-bond acceptors (Lipinski definition) is 4. The van der Waals surface area contributed by atoms with Gasteiger partial charge in [0.05, 0.1) is 51.2 Å². The highest BCUT2D eigenvalue weighted by molar-refractivity contribution is 6.09. The Bertz CT molecular complexity index is 3900. The van der Waals surface area contributed by atoms with E-state index in [9.17, 15) is 0 Å². The normalized spacial score (nSPS) is 14.4. The van der Waals surface area contributed by atoms with Crippen LogP contribution in [0.25, 0.3) is 34.1 Å². The van der Waals surface area contributed by atoms with Crippen molar-refractivity contribution in [2.75, 3.05) is 19.6 Å². The quantitative estimate of drug-likeness (QED) is 0.154.